The molecule has 0 fully saturated rings. The first kappa shape index (κ1) is 44.8. The van der Waals surface area contributed by atoms with Gasteiger partial charge in [-0.1, -0.05) is 12.1 Å². The number of aromatic nitrogens is 2. The van der Waals surface area contributed by atoms with E-state index < -0.39 is 11.8 Å². The zero-order valence-corrected chi connectivity index (χ0v) is 36.2. The van der Waals surface area contributed by atoms with Gasteiger partial charge in [-0.2, -0.15) is 0 Å². The van der Waals surface area contributed by atoms with Gasteiger partial charge in [0.1, 0.15) is 0 Å². The van der Waals surface area contributed by atoms with Crippen LogP contribution in [0.15, 0.2) is 72.8 Å². The topological polar surface area (TPSA) is 147 Å². The molecule has 0 spiro atoms. The first-order valence-electron chi connectivity index (χ1n) is 18.8. The number of nitrogens with zero attached hydrogens (tertiary/aromatic N) is 3. The molecule has 0 saturated heterocycles. The minimum absolute atomic E-state index is 0.0741. The number of carbonyl (C=O) groups is 2. The fraction of sp³-hybridized carbons (Fsp3) is 0.283. The fourth-order valence-electron chi connectivity index (χ4n) is 6.69. The second-order valence-corrected chi connectivity index (χ2v) is 13.2. The van der Waals surface area contributed by atoms with Crippen molar-refractivity contribution in [3.8, 4) is 57.5 Å². The molecule has 0 aliphatic heterocycles. The highest BCUT2D eigenvalue weighted by Gasteiger charge is 2.28. The number of anilines is 1. The number of imide groups is 1. The maximum Gasteiger partial charge on any atom is 0.260 e. The number of hydrogen-bond donors (Lipinski definition) is 0. The predicted molar refractivity (Wildman–Crippen MR) is 231 cm³/mol. The van der Waals surface area contributed by atoms with Crippen molar-refractivity contribution in [2.75, 3.05) is 76.0 Å². The lowest BCUT2D eigenvalue weighted by Gasteiger charge is -2.18. The number of rotatable bonds is 19. The zero-order chi connectivity index (χ0) is 44.2. The number of imidazole rings is 1. The summed E-state index contributed by atoms with van der Waals surface area (Å²) in [6.07, 6.45) is 6.33. The van der Waals surface area contributed by atoms with Crippen LogP contribution in [0.3, 0.4) is 0 Å². The summed E-state index contributed by atoms with van der Waals surface area (Å²) in [5, 5.41) is 0. The van der Waals surface area contributed by atoms with Gasteiger partial charge in [-0.15, -0.1) is 0 Å². The Kier molecular flexibility index (Phi) is 15.1. The van der Waals surface area contributed by atoms with Crippen LogP contribution in [-0.2, 0) is 29.5 Å². The molecular formula is C46H51N3O12. The summed E-state index contributed by atoms with van der Waals surface area (Å²) in [6, 6.07) is 17.9. The highest BCUT2D eigenvalue weighted by molar-refractivity contribution is 6.22. The summed E-state index contributed by atoms with van der Waals surface area (Å²) in [5.74, 6) is 3.26. The Morgan fingerprint density at radius 2 is 0.885 bits per heavy atom. The van der Waals surface area contributed by atoms with Gasteiger partial charge in [-0.3, -0.25) is 9.59 Å². The van der Waals surface area contributed by atoms with Gasteiger partial charge < -0.3 is 51.9 Å². The number of methoxy groups -OCH3 is 10. The quantitative estimate of drug-likeness (QED) is 0.0790. The minimum atomic E-state index is -0.684. The van der Waals surface area contributed by atoms with Gasteiger partial charge in [0, 0.05) is 37.7 Å². The summed E-state index contributed by atoms with van der Waals surface area (Å²) in [5.41, 5.74) is 4.15. The summed E-state index contributed by atoms with van der Waals surface area (Å²) in [6.45, 7) is 0. The monoisotopic (exact) mass is 837 g/mol. The van der Waals surface area contributed by atoms with E-state index in [9.17, 15) is 9.59 Å². The third-order valence-corrected chi connectivity index (χ3v) is 9.76. The predicted octanol–water partition coefficient (Wildman–Crippen LogP) is 6.97. The van der Waals surface area contributed by atoms with Crippen LogP contribution in [-0.4, -0.2) is 92.5 Å². The van der Waals surface area contributed by atoms with Crippen LogP contribution in [0, 0.1) is 0 Å². The Morgan fingerprint density at radius 3 is 1.25 bits per heavy atom. The molecule has 1 aromatic heterocycles. The van der Waals surface area contributed by atoms with Crippen LogP contribution in [0.2, 0.25) is 0 Å². The molecule has 0 radical (unpaired) electrons. The van der Waals surface area contributed by atoms with Crippen molar-refractivity contribution >= 4 is 29.9 Å². The molecular weight excluding hydrogens is 787 g/mol. The second kappa shape index (κ2) is 20.6. The van der Waals surface area contributed by atoms with Crippen molar-refractivity contribution in [3.05, 3.63) is 106 Å². The lowest BCUT2D eigenvalue weighted by atomic mass is 10.0. The van der Waals surface area contributed by atoms with E-state index in [4.69, 9.17) is 52.4 Å². The number of ether oxygens (including phenoxy) is 10. The van der Waals surface area contributed by atoms with Gasteiger partial charge in [-0.05, 0) is 82.9 Å². The Bertz CT molecular complexity index is 2280. The molecule has 5 aromatic rings. The van der Waals surface area contributed by atoms with Gasteiger partial charge >= 0.3 is 0 Å². The van der Waals surface area contributed by atoms with E-state index in [1.807, 2.05) is 36.4 Å². The van der Waals surface area contributed by atoms with E-state index in [-0.39, 0.29) is 5.95 Å². The Hall–Kier alpha value is -7.29. The van der Waals surface area contributed by atoms with Crippen molar-refractivity contribution < 1.29 is 57.0 Å². The van der Waals surface area contributed by atoms with E-state index in [1.165, 1.54) is 54.8 Å². The van der Waals surface area contributed by atoms with Crippen LogP contribution in [0.4, 0.5) is 5.95 Å². The normalized spacial score (nSPS) is 11.0. The van der Waals surface area contributed by atoms with E-state index in [0.717, 1.165) is 21.7 Å². The highest BCUT2D eigenvalue weighted by Crippen LogP contribution is 2.40. The number of benzene rings is 4. The molecule has 0 saturated carbocycles. The maximum atomic E-state index is 14.5. The van der Waals surface area contributed by atoms with Crippen molar-refractivity contribution in [1.29, 1.82) is 0 Å². The summed E-state index contributed by atoms with van der Waals surface area (Å²) in [4.78, 5) is 35.1. The standard InChI is InChI=1S/C46H51N3O12/c1-48-33(21-29-13-17-35(53-3)37(23-29)55-5)32(20-28-12-16-34(52-2)36(22-28)54-4)47-46(48)49(42(50)18-14-30-24-38(56-6)44(60-10)39(25-30)57-7)43(51)19-15-31-26-40(58-8)45(61-11)41(27-31)59-9/h12-19,22-27H,20-21H2,1-11H3/b18-14+,19-15+. The average Bonchev–Trinajstić information content (AvgIpc) is 3.58. The molecule has 0 N–H and O–H groups in total. The largest absolute Gasteiger partial charge is 0.493 e. The fourth-order valence-corrected chi connectivity index (χ4v) is 6.69. The molecule has 61 heavy (non-hydrogen) atoms. The van der Waals surface area contributed by atoms with Crippen molar-refractivity contribution in [3.63, 3.8) is 0 Å². The number of carbonyl (C=O) groups excluding carboxylic acids is 2. The van der Waals surface area contributed by atoms with Crippen LogP contribution < -0.4 is 52.3 Å². The molecule has 0 aliphatic carbocycles. The van der Waals surface area contributed by atoms with Crippen LogP contribution in [0.5, 0.6) is 57.5 Å². The lowest BCUT2D eigenvalue weighted by Crippen LogP contribution is -2.36. The van der Waals surface area contributed by atoms with E-state index in [2.05, 4.69) is 0 Å². The summed E-state index contributed by atoms with van der Waals surface area (Å²) in [7, 11) is 17.0. The third kappa shape index (κ3) is 9.95. The van der Waals surface area contributed by atoms with Crippen LogP contribution >= 0.6 is 0 Å². The van der Waals surface area contributed by atoms with Gasteiger partial charge in [0.2, 0.25) is 17.4 Å². The molecule has 1 heterocycles. The van der Waals surface area contributed by atoms with Gasteiger partial charge in [0.05, 0.1) is 76.8 Å². The second-order valence-electron chi connectivity index (χ2n) is 13.2. The minimum Gasteiger partial charge on any atom is -0.493 e. The third-order valence-electron chi connectivity index (χ3n) is 9.76. The molecule has 0 atom stereocenters. The molecule has 2 amide bonds. The van der Waals surface area contributed by atoms with E-state index in [1.54, 1.807) is 76.5 Å². The van der Waals surface area contributed by atoms with E-state index in [0.29, 0.717) is 87.2 Å². The van der Waals surface area contributed by atoms with E-state index >= 15 is 0 Å². The van der Waals surface area contributed by atoms with Crippen molar-refractivity contribution in [2.24, 2.45) is 7.05 Å². The summed E-state index contributed by atoms with van der Waals surface area (Å²) >= 11 is 0. The molecule has 0 aliphatic rings. The maximum absolute atomic E-state index is 14.5. The molecule has 0 unspecified atom stereocenters. The molecule has 15 heteroatoms. The van der Waals surface area contributed by atoms with Gasteiger partial charge in [0.15, 0.2) is 46.0 Å². The summed E-state index contributed by atoms with van der Waals surface area (Å²) < 4.78 is 56.9. The average molecular weight is 838 g/mol. The first-order valence-corrected chi connectivity index (χ1v) is 18.8. The molecule has 0 bridgehead atoms. The molecule has 4 aromatic carbocycles. The Labute approximate surface area is 355 Å². The molecule has 322 valence electrons. The SMILES string of the molecule is COc1ccc(Cc2nc(N(C(=O)/C=C/c3cc(OC)c(OC)c(OC)c3)C(=O)/C=C/c3cc(OC)c(OC)c(OC)c3)n(C)c2Cc2ccc(OC)c(OC)c2)cc1OC. The lowest BCUT2D eigenvalue weighted by molar-refractivity contribution is -0.121. The first-order chi connectivity index (χ1) is 29.5. The smallest absolute Gasteiger partial charge is 0.260 e. The van der Waals surface area contributed by atoms with Crippen molar-refractivity contribution in [2.45, 2.75) is 12.8 Å². The zero-order valence-electron chi connectivity index (χ0n) is 36.2. The van der Waals surface area contributed by atoms with Crippen molar-refractivity contribution in [1.82, 2.24) is 9.55 Å². The van der Waals surface area contributed by atoms with Crippen LogP contribution in [0.1, 0.15) is 33.6 Å². The van der Waals surface area contributed by atoms with Gasteiger partial charge in [-0.25, -0.2) is 9.88 Å². The number of amides is 2. The van der Waals surface area contributed by atoms with Gasteiger partial charge in [0.25, 0.3) is 11.8 Å². The Morgan fingerprint density at radius 1 is 0.508 bits per heavy atom. The molecule has 15 nitrogen and oxygen atoms in total. The molecule has 5 rings (SSSR count). The van der Waals surface area contributed by atoms with Crippen LogP contribution in [0.25, 0.3) is 12.2 Å². The Balaban J connectivity index is 1.68. The highest BCUT2D eigenvalue weighted by atomic mass is 16.5. The number of hydrogen-bond acceptors (Lipinski definition) is 13.